The molecular weight excluding hydrogens is 440 g/mol. The second kappa shape index (κ2) is 10.9. The van der Waals surface area contributed by atoms with Crippen LogP contribution < -0.4 is 5.32 Å². The second-order valence-corrected chi connectivity index (χ2v) is 10.9. The molecule has 2 aromatic carbocycles. The molecule has 0 unspecified atom stereocenters. The number of carbonyl (C=O) groups is 2. The molecule has 3 rings (SSSR count). The molecule has 1 N–H and O–H groups in total. The van der Waals surface area contributed by atoms with Crippen molar-refractivity contribution >= 4 is 27.5 Å². The highest BCUT2D eigenvalue weighted by molar-refractivity contribution is 7.89. The topological polar surface area (TPSA) is 92.8 Å². The molecule has 1 heterocycles. The van der Waals surface area contributed by atoms with E-state index in [1.807, 2.05) is 13.8 Å². The van der Waals surface area contributed by atoms with Gasteiger partial charge in [-0.05, 0) is 55.0 Å². The number of carbonyl (C=O) groups excluding carboxylic acids is 2. The molecule has 0 radical (unpaired) electrons. The second-order valence-electron chi connectivity index (χ2n) is 8.96. The molecule has 0 atom stereocenters. The summed E-state index contributed by atoms with van der Waals surface area (Å²) in [4.78, 5) is 25.1. The number of nitrogens with zero attached hydrogens (tertiary/aromatic N) is 1. The van der Waals surface area contributed by atoms with Crippen LogP contribution >= 0.6 is 0 Å². The quantitative estimate of drug-likeness (QED) is 0.434. The maximum atomic E-state index is 13.0. The largest absolute Gasteiger partial charge is 0.462 e. The van der Waals surface area contributed by atoms with Crippen molar-refractivity contribution in [3.05, 3.63) is 59.7 Å². The summed E-state index contributed by atoms with van der Waals surface area (Å²) in [6.45, 7) is 7.35. The van der Waals surface area contributed by atoms with Gasteiger partial charge >= 0.3 is 5.97 Å². The fourth-order valence-electron chi connectivity index (χ4n) is 3.57. The van der Waals surface area contributed by atoms with Crippen LogP contribution in [0.2, 0.25) is 0 Å². The smallest absolute Gasteiger partial charge is 0.338 e. The van der Waals surface area contributed by atoms with Gasteiger partial charge in [-0.25, -0.2) is 13.2 Å². The standard InChI is InChI=1S/C25H32N2O5S/c1-18(2)17-32-25(29)21-7-4-8-22(14-21)26-16-24(28)20-6-5-9-23(15-20)33(30,31)27-12-10-19(3)11-13-27/h4-9,14-15,18-19,26H,10-13,16-17H2,1-3H3. The number of nitrogens with one attached hydrogen (secondary N) is 1. The molecule has 0 amide bonds. The summed E-state index contributed by atoms with van der Waals surface area (Å²) >= 11 is 0. The van der Waals surface area contributed by atoms with Crippen LogP contribution in [-0.4, -0.2) is 50.7 Å². The molecule has 8 heteroatoms. The van der Waals surface area contributed by atoms with Crippen molar-refractivity contribution in [2.75, 3.05) is 31.6 Å². The van der Waals surface area contributed by atoms with Gasteiger partial charge in [-0.1, -0.05) is 39.0 Å². The third-order valence-corrected chi connectivity index (χ3v) is 7.53. The first-order valence-corrected chi connectivity index (χ1v) is 12.8. The first-order valence-electron chi connectivity index (χ1n) is 11.3. The van der Waals surface area contributed by atoms with Crippen molar-refractivity contribution in [3.8, 4) is 0 Å². The summed E-state index contributed by atoms with van der Waals surface area (Å²) < 4.78 is 32.7. The molecule has 0 bridgehead atoms. The van der Waals surface area contributed by atoms with Crippen LogP contribution in [0, 0.1) is 11.8 Å². The van der Waals surface area contributed by atoms with Crippen molar-refractivity contribution in [1.82, 2.24) is 4.31 Å². The number of hydrogen-bond donors (Lipinski definition) is 1. The monoisotopic (exact) mass is 472 g/mol. The van der Waals surface area contributed by atoms with E-state index in [0.29, 0.717) is 42.4 Å². The van der Waals surface area contributed by atoms with Gasteiger partial charge in [0.05, 0.1) is 23.6 Å². The predicted octanol–water partition coefficient (Wildman–Crippen LogP) is 4.21. The lowest BCUT2D eigenvalue weighted by Crippen LogP contribution is -2.37. The van der Waals surface area contributed by atoms with Gasteiger partial charge in [0.2, 0.25) is 10.0 Å². The van der Waals surface area contributed by atoms with E-state index in [9.17, 15) is 18.0 Å². The Balaban J connectivity index is 1.65. The lowest BCUT2D eigenvalue weighted by Gasteiger charge is -2.29. The molecule has 33 heavy (non-hydrogen) atoms. The van der Waals surface area contributed by atoms with Crippen LogP contribution in [0.25, 0.3) is 0 Å². The first-order chi connectivity index (χ1) is 15.7. The fraction of sp³-hybridized carbons (Fsp3) is 0.440. The lowest BCUT2D eigenvalue weighted by atomic mass is 10.0. The zero-order valence-corrected chi connectivity index (χ0v) is 20.2. The summed E-state index contributed by atoms with van der Waals surface area (Å²) in [5, 5.41) is 3.01. The summed E-state index contributed by atoms with van der Waals surface area (Å²) in [5.74, 6) is 0.104. The van der Waals surface area contributed by atoms with Gasteiger partial charge in [0, 0.05) is 24.3 Å². The van der Waals surface area contributed by atoms with E-state index >= 15 is 0 Å². The number of ketones is 1. The van der Waals surface area contributed by atoms with Gasteiger partial charge in [0.15, 0.2) is 5.78 Å². The minimum absolute atomic E-state index is 0.0325. The zero-order chi connectivity index (χ0) is 24.0. The molecule has 2 aromatic rings. The normalized spacial score (nSPS) is 15.4. The van der Waals surface area contributed by atoms with Gasteiger partial charge < -0.3 is 10.1 Å². The third kappa shape index (κ3) is 6.65. The van der Waals surface area contributed by atoms with Crippen molar-refractivity contribution in [2.45, 2.75) is 38.5 Å². The van der Waals surface area contributed by atoms with Crippen LogP contribution in [0.4, 0.5) is 5.69 Å². The number of benzene rings is 2. The number of rotatable bonds is 9. The van der Waals surface area contributed by atoms with Crippen molar-refractivity contribution in [3.63, 3.8) is 0 Å². The summed E-state index contributed by atoms with van der Waals surface area (Å²) in [6, 6.07) is 12.9. The zero-order valence-electron chi connectivity index (χ0n) is 19.4. The molecule has 0 aromatic heterocycles. The molecule has 1 fully saturated rings. The Kier molecular flexibility index (Phi) is 8.26. The number of esters is 1. The minimum Gasteiger partial charge on any atom is -0.462 e. The highest BCUT2D eigenvalue weighted by atomic mass is 32.2. The molecular formula is C25H32N2O5S. The van der Waals surface area contributed by atoms with Gasteiger partial charge in [0.25, 0.3) is 0 Å². The maximum absolute atomic E-state index is 13.0. The lowest BCUT2D eigenvalue weighted by molar-refractivity contribution is 0.0459. The van der Waals surface area contributed by atoms with E-state index in [1.54, 1.807) is 36.4 Å². The first kappa shape index (κ1) is 24.9. The molecule has 7 nitrogen and oxygen atoms in total. The summed E-state index contributed by atoms with van der Waals surface area (Å²) in [6.07, 6.45) is 1.68. The van der Waals surface area contributed by atoms with Gasteiger partial charge in [0.1, 0.15) is 0 Å². The van der Waals surface area contributed by atoms with E-state index in [-0.39, 0.29) is 23.1 Å². The number of anilines is 1. The Morgan fingerprint density at radius 1 is 1.06 bits per heavy atom. The van der Waals surface area contributed by atoms with Crippen LogP contribution in [0.3, 0.4) is 0 Å². The van der Waals surface area contributed by atoms with Gasteiger partial charge in [-0.3, -0.25) is 4.79 Å². The van der Waals surface area contributed by atoms with Gasteiger partial charge in [-0.15, -0.1) is 0 Å². The molecule has 1 aliphatic heterocycles. The van der Waals surface area contributed by atoms with Gasteiger partial charge in [-0.2, -0.15) is 4.31 Å². The van der Waals surface area contributed by atoms with E-state index in [1.165, 1.54) is 16.4 Å². The Morgan fingerprint density at radius 3 is 2.42 bits per heavy atom. The molecule has 0 saturated carbocycles. The van der Waals surface area contributed by atoms with Crippen LogP contribution in [0.5, 0.6) is 0 Å². The van der Waals surface area contributed by atoms with Crippen LogP contribution in [0.1, 0.15) is 54.3 Å². The number of piperidine rings is 1. The number of Topliss-reactive ketones (excluding diaryl/α,β-unsaturated/α-hetero) is 1. The molecule has 178 valence electrons. The number of hydrogen-bond acceptors (Lipinski definition) is 6. The Labute approximate surface area is 196 Å². The number of ether oxygens (including phenoxy) is 1. The summed E-state index contributed by atoms with van der Waals surface area (Å²) in [7, 11) is -3.63. The van der Waals surface area contributed by atoms with E-state index in [2.05, 4.69) is 12.2 Å². The number of sulfonamides is 1. The Morgan fingerprint density at radius 2 is 1.73 bits per heavy atom. The van der Waals surface area contributed by atoms with Crippen LogP contribution in [0.15, 0.2) is 53.4 Å². The van der Waals surface area contributed by atoms with Crippen molar-refractivity contribution < 1.29 is 22.7 Å². The molecule has 1 saturated heterocycles. The average Bonchev–Trinajstić information content (AvgIpc) is 2.81. The van der Waals surface area contributed by atoms with E-state index in [4.69, 9.17) is 4.74 Å². The van der Waals surface area contributed by atoms with Crippen molar-refractivity contribution in [1.29, 1.82) is 0 Å². The SMILES string of the molecule is CC(C)COC(=O)c1cccc(NCC(=O)c2cccc(S(=O)(=O)N3CCC(C)CC3)c2)c1. The fourth-order valence-corrected chi connectivity index (χ4v) is 5.09. The minimum atomic E-state index is -3.63. The highest BCUT2D eigenvalue weighted by Gasteiger charge is 2.28. The van der Waals surface area contributed by atoms with E-state index < -0.39 is 16.0 Å². The van der Waals surface area contributed by atoms with Crippen molar-refractivity contribution in [2.24, 2.45) is 11.8 Å². The molecule has 0 aliphatic carbocycles. The Hall–Kier alpha value is -2.71. The molecule has 0 spiro atoms. The third-order valence-electron chi connectivity index (χ3n) is 5.64. The Bertz CT molecular complexity index is 1090. The highest BCUT2D eigenvalue weighted by Crippen LogP contribution is 2.24. The predicted molar refractivity (Wildman–Crippen MR) is 128 cm³/mol. The molecule has 1 aliphatic rings. The average molecular weight is 473 g/mol. The van der Waals surface area contributed by atoms with E-state index in [0.717, 1.165) is 12.8 Å². The maximum Gasteiger partial charge on any atom is 0.338 e. The van der Waals surface area contributed by atoms with Crippen LogP contribution in [-0.2, 0) is 14.8 Å². The summed E-state index contributed by atoms with van der Waals surface area (Å²) in [5.41, 5.74) is 1.33.